The van der Waals surface area contributed by atoms with Gasteiger partial charge in [0.2, 0.25) is 11.8 Å². The zero-order valence-electron chi connectivity index (χ0n) is 12.1. The smallest absolute Gasteiger partial charge is 0.241 e. The second kappa shape index (κ2) is 7.23. The Morgan fingerprint density at radius 3 is 2.71 bits per heavy atom. The average molecular weight is 286 g/mol. The number of aromatic nitrogens is 2. The van der Waals surface area contributed by atoms with Gasteiger partial charge >= 0.3 is 0 Å². The molecule has 0 radical (unpaired) electrons. The van der Waals surface area contributed by atoms with Crippen molar-refractivity contribution in [1.82, 2.24) is 14.9 Å². The highest BCUT2D eigenvalue weighted by atomic mass is 16.5. The topological polar surface area (TPSA) is 67.4 Å². The predicted octanol–water partition coefficient (Wildman–Crippen LogP) is 1.56. The van der Waals surface area contributed by atoms with E-state index in [1.54, 1.807) is 26.5 Å². The quantitative estimate of drug-likeness (QED) is 0.872. The van der Waals surface area contributed by atoms with Gasteiger partial charge in [0, 0.05) is 14.1 Å². The Labute approximate surface area is 123 Å². The zero-order valence-corrected chi connectivity index (χ0v) is 12.1. The van der Waals surface area contributed by atoms with Gasteiger partial charge in [-0.25, -0.2) is 0 Å². The van der Waals surface area contributed by atoms with E-state index in [1.807, 2.05) is 30.3 Å². The van der Waals surface area contributed by atoms with E-state index in [-0.39, 0.29) is 12.5 Å². The van der Waals surface area contributed by atoms with Crippen LogP contribution in [0.4, 0.5) is 5.82 Å². The van der Waals surface area contributed by atoms with E-state index >= 15 is 0 Å². The van der Waals surface area contributed by atoms with Crippen molar-refractivity contribution < 1.29 is 9.53 Å². The first-order valence-corrected chi connectivity index (χ1v) is 6.58. The lowest BCUT2D eigenvalue weighted by atomic mass is 10.2. The van der Waals surface area contributed by atoms with Crippen LogP contribution in [0.1, 0.15) is 5.56 Å². The van der Waals surface area contributed by atoms with Gasteiger partial charge in [-0.15, -0.1) is 0 Å². The first-order chi connectivity index (χ1) is 10.1. The molecular weight excluding hydrogens is 268 g/mol. The Hall–Kier alpha value is -2.63. The fourth-order valence-corrected chi connectivity index (χ4v) is 1.56. The summed E-state index contributed by atoms with van der Waals surface area (Å²) in [5.41, 5.74) is 1.06. The fraction of sp³-hybridized carbons (Fsp3) is 0.267. The SMILES string of the molecule is CN(C)C(=O)CNc1cncc(OCc2ccccc2)n1. The molecule has 0 spiro atoms. The molecule has 0 unspecified atom stereocenters. The molecule has 1 amide bonds. The van der Waals surface area contributed by atoms with Gasteiger partial charge in [0.05, 0.1) is 18.9 Å². The summed E-state index contributed by atoms with van der Waals surface area (Å²) in [5, 5.41) is 2.92. The number of nitrogens with one attached hydrogen (secondary N) is 1. The summed E-state index contributed by atoms with van der Waals surface area (Å²) >= 11 is 0. The van der Waals surface area contributed by atoms with E-state index in [1.165, 1.54) is 4.90 Å². The molecule has 6 nitrogen and oxygen atoms in total. The van der Waals surface area contributed by atoms with Gasteiger partial charge in [-0.05, 0) is 5.56 Å². The molecule has 0 saturated heterocycles. The van der Waals surface area contributed by atoms with Gasteiger partial charge in [-0.1, -0.05) is 30.3 Å². The maximum atomic E-state index is 11.5. The number of ether oxygens (including phenoxy) is 1. The predicted molar refractivity (Wildman–Crippen MR) is 80.0 cm³/mol. The van der Waals surface area contributed by atoms with Gasteiger partial charge in [0.25, 0.3) is 0 Å². The average Bonchev–Trinajstić information content (AvgIpc) is 2.52. The molecule has 110 valence electrons. The highest BCUT2D eigenvalue weighted by Gasteiger charge is 2.05. The molecular formula is C15H18N4O2. The second-order valence-corrected chi connectivity index (χ2v) is 4.66. The number of likely N-dealkylation sites (N-methyl/N-ethyl adjacent to an activating group) is 1. The summed E-state index contributed by atoms with van der Waals surface area (Å²) in [6.45, 7) is 0.597. The number of nitrogens with zero attached hydrogens (tertiary/aromatic N) is 3. The van der Waals surface area contributed by atoms with Crippen LogP contribution in [-0.4, -0.2) is 41.4 Å². The van der Waals surface area contributed by atoms with Crippen LogP contribution in [0.5, 0.6) is 5.88 Å². The van der Waals surface area contributed by atoms with Crippen LogP contribution < -0.4 is 10.1 Å². The molecule has 0 atom stereocenters. The number of carbonyl (C=O) groups is 1. The Morgan fingerprint density at radius 1 is 1.24 bits per heavy atom. The number of benzene rings is 1. The van der Waals surface area contributed by atoms with Crippen molar-refractivity contribution in [2.24, 2.45) is 0 Å². The lowest BCUT2D eigenvalue weighted by Gasteiger charge is -2.11. The molecule has 2 aromatic rings. The molecule has 0 aliphatic carbocycles. The standard InChI is InChI=1S/C15H18N4O2/c1-19(2)15(20)10-17-13-8-16-9-14(18-13)21-11-12-6-4-3-5-7-12/h3-9H,10-11H2,1-2H3,(H,17,18). The Kier molecular flexibility index (Phi) is 5.09. The van der Waals surface area contributed by atoms with Crippen molar-refractivity contribution in [2.75, 3.05) is 26.0 Å². The molecule has 1 aromatic carbocycles. The van der Waals surface area contributed by atoms with E-state index < -0.39 is 0 Å². The minimum absolute atomic E-state index is 0.0348. The van der Waals surface area contributed by atoms with Crippen LogP contribution in [0, 0.1) is 0 Å². The molecule has 0 bridgehead atoms. The number of hydrogen-bond acceptors (Lipinski definition) is 5. The highest BCUT2D eigenvalue weighted by Crippen LogP contribution is 2.11. The largest absolute Gasteiger partial charge is 0.472 e. The molecule has 2 rings (SSSR count). The third-order valence-corrected chi connectivity index (χ3v) is 2.76. The van der Waals surface area contributed by atoms with Gasteiger partial charge < -0.3 is 15.0 Å². The summed E-state index contributed by atoms with van der Waals surface area (Å²) < 4.78 is 5.58. The Balaban J connectivity index is 1.90. The van der Waals surface area contributed by atoms with E-state index in [0.717, 1.165) is 5.56 Å². The van der Waals surface area contributed by atoms with E-state index in [0.29, 0.717) is 18.3 Å². The monoisotopic (exact) mass is 286 g/mol. The Morgan fingerprint density at radius 2 is 2.00 bits per heavy atom. The van der Waals surface area contributed by atoms with Crippen molar-refractivity contribution in [1.29, 1.82) is 0 Å². The lowest BCUT2D eigenvalue weighted by molar-refractivity contribution is -0.126. The number of hydrogen-bond donors (Lipinski definition) is 1. The van der Waals surface area contributed by atoms with Crippen molar-refractivity contribution in [3.63, 3.8) is 0 Å². The van der Waals surface area contributed by atoms with Crippen LogP contribution in [0.15, 0.2) is 42.7 Å². The van der Waals surface area contributed by atoms with Crippen LogP contribution in [0.3, 0.4) is 0 Å². The van der Waals surface area contributed by atoms with E-state index in [2.05, 4.69) is 15.3 Å². The summed E-state index contributed by atoms with van der Waals surface area (Å²) in [6.07, 6.45) is 3.10. The van der Waals surface area contributed by atoms with Crippen molar-refractivity contribution in [3.05, 3.63) is 48.3 Å². The fourth-order valence-electron chi connectivity index (χ4n) is 1.56. The van der Waals surface area contributed by atoms with Gasteiger partial charge in [0.15, 0.2) is 0 Å². The normalized spacial score (nSPS) is 10.0. The molecule has 6 heteroatoms. The molecule has 1 N–H and O–H groups in total. The summed E-state index contributed by atoms with van der Waals surface area (Å²) in [5.74, 6) is 0.893. The van der Waals surface area contributed by atoms with Gasteiger partial charge in [-0.3, -0.25) is 9.78 Å². The van der Waals surface area contributed by atoms with Crippen molar-refractivity contribution in [2.45, 2.75) is 6.61 Å². The third kappa shape index (κ3) is 4.76. The number of amides is 1. The van der Waals surface area contributed by atoms with Crippen molar-refractivity contribution >= 4 is 11.7 Å². The van der Waals surface area contributed by atoms with Crippen LogP contribution >= 0.6 is 0 Å². The van der Waals surface area contributed by atoms with Crippen LogP contribution in [0.2, 0.25) is 0 Å². The van der Waals surface area contributed by atoms with E-state index in [9.17, 15) is 4.79 Å². The zero-order chi connectivity index (χ0) is 15.1. The molecule has 21 heavy (non-hydrogen) atoms. The van der Waals surface area contributed by atoms with Crippen molar-refractivity contribution in [3.8, 4) is 5.88 Å². The minimum atomic E-state index is -0.0348. The maximum Gasteiger partial charge on any atom is 0.241 e. The van der Waals surface area contributed by atoms with E-state index in [4.69, 9.17) is 4.74 Å². The molecule has 0 fully saturated rings. The summed E-state index contributed by atoms with van der Waals surface area (Å²) in [7, 11) is 3.41. The highest BCUT2D eigenvalue weighted by molar-refractivity contribution is 5.79. The number of carbonyl (C=O) groups excluding carboxylic acids is 1. The number of anilines is 1. The third-order valence-electron chi connectivity index (χ3n) is 2.76. The first-order valence-electron chi connectivity index (χ1n) is 6.58. The number of rotatable bonds is 6. The molecule has 1 aromatic heterocycles. The second-order valence-electron chi connectivity index (χ2n) is 4.66. The first kappa shape index (κ1) is 14.8. The maximum absolute atomic E-state index is 11.5. The summed E-state index contributed by atoms with van der Waals surface area (Å²) in [4.78, 5) is 21.3. The molecule has 0 aliphatic rings. The molecule has 0 aliphatic heterocycles. The molecule has 0 saturated carbocycles. The lowest BCUT2D eigenvalue weighted by Crippen LogP contribution is -2.28. The van der Waals surface area contributed by atoms with Crippen LogP contribution in [0.25, 0.3) is 0 Å². The summed E-state index contributed by atoms with van der Waals surface area (Å²) in [6, 6.07) is 9.82. The Bertz CT molecular complexity index is 587. The minimum Gasteiger partial charge on any atom is -0.472 e. The van der Waals surface area contributed by atoms with Gasteiger partial charge in [0.1, 0.15) is 12.4 Å². The van der Waals surface area contributed by atoms with Gasteiger partial charge in [-0.2, -0.15) is 4.98 Å². The molecule has 1 heterocycles. The van der Waals surface area contributed by atoms with Crippen LogP contribution in [-0.2, 0) is 11.4 Å².